The average molecular weight is 468 g/mol. The van der Waals surface area contributed by atoms with Crippen LogP contribution in [0.3, 0.4) is 0 Å². The number of hydrogen-bond donors (Lipinski definition) is 0. The first-order valence-electron chi connectivity index (χ1n) is 9.57. The predicted molar refractivity (Wildman–Crippen MR) is 120 cm³/mol. The first-order valence-corrected chi connectivity index (χ1v) is 14.6. The second kappa shape index (κ2) is 6.27. The minimum atomic E-state index is -10.7. The van der Waals surface area contributed by atoms with Crippen LogP contribution < -0.4 is 5.19 Å². The van der Waals surface area contributed by atoms with E-state index in [1.165, 1.54) is 33.4 Å². The molecule has 0 radical (unpaired) electrons. The van der Waals surface area contributed by atoms with Gasteiger partial charge in [0.15, 0.2) is 0 Å². The van der Waals surface area contributed by atoms with Crippen molar-refractivity contribution < 1.29 is 25.2 Å². The van der Waals surface area contributed by atoms with Crippen LogP contribution in [0.1, 0.15) is 16.7 Å². The summed E-state index contributed by atoms with van der Waals surface area (Å²) in [5, 5.41) is 3.16. The molecule has 3 aliphatic carbocycles. The van der Waals surface area contributed by atoms with Gasteiger partial charge in [0.05, 0.1) is 17.2 Å². The summed E-state index contributed by atoms with van der Waals surface area (Å²) in [6.07, 6.45) is 4.88. The molecule has 1 aromatic rings. The van der Waals surface area contributed by atoms with E-state index in [4.69, 9.17) is 0 Å². The normalized spacial score (nSPS) is 18.2. The van der Waals surface area contributed by atoms with Crippen molar-refractivity contribution in [1.29, 1.82) is 0 Å². The molecule has 0 saturated carbocycles. The Kier molecular flexibility index (Phi) is 4.39. The van der Waals surface area contributed by atoms with Crippen molar-refractivity contribution in [3.8, 4) is 11.1 Å². The molecule has 0 amide bonds. The van der Waals surface area contributed by atoms with Gasteiger partial charge in [-0.2, -0.15) is 0 Å². The number of fused-ring (bicyclic) bond motifs is 6. The predicted octanol–water partition coefficient (Wildman–Crippen LogP) is 8.86. The quantitative estimate of drug-likeness (QED) is 0.134. The molecule has 1 aliphatic heterocycles. The number of allylic oxidation sites excluding steroid dienone is 2. The van der Waals surface area contributed by atoms with Crippen LogP contribution >= 0.6 is 7.81 Å². The van der Waals surface area contributed by atoms with Crippen LogP contribution in [0, 0.1) is 0 Å². The van der Waals surface area contributed by atoms with E-state index in [-0.39, 0.29) is 0 Å². The summed E-state index contributed by atoms with van der Waals surface area (Å²) in [4.78, 5) is 0. The molecule has 4 aliphatic rings. The van der Waals surface area contributed by atoms with Crippen LogP contribution in [-0.4, -0.2) is 8.07 Å². The van der Waals surface area contributed by atoms with E-state index in [0.29, 0.717) is 0 Å². The fraction of sp³-hybridized carbons (Fsp3) is 0.0870. The van der Waals surface area contributed by atoms with Crippen LogP contribution in [0.5, 0.6) is 0 Å². The monoisotopic (exact) mass is 468 g/mol. The van der Waals surface area contributed by atoms with Gasteiger partial charge in [0.1, 0.15) is 8.07 Å². The molecule has 0 N–H and O–H groups in total. The summed E-state index contributed by atoms with van der Waals surface area (Å²) < 4.78 is 59.2. The van der Waals surface area contributed by atoms with E-state index in [1.54, 1.807) is 10.4 Å². The van der Waals surface area contributed by atoms with Gasteiger partial charge in [0, 0.05) is 29.8 Å². The third-order valence-corrected chi connectivity index (χ3v) is 9.06. The Morgan fingerprint density at radius 3 is 2.19 bits per heavy atom. The number of hydrogen-bond acceptors (Lipinski definition) is 0. The molecule has 0 saturated heterocycles. The van der Waals surface area contributed by atoms with Gasteiger partial charge in [-0.1, -0.05) is 49.5 Å². The van der Waals surface area contributed by atoms with E-state index in [1.807, 2.05) is 0 Å². The van der Waals surface area contributed by atoms with Gasteiger partial charge in [-0.05, 0) is 39.2 Å². The first-order chi connectivity index (χ1) is 14.1. The Morgan fingerprint density at radius 1 is 0.806 bits per heavy atom. The van der Waals surface area contributed by atoms with Crippen molar-refractivity contribution in [1.82, 2.24) is 0 Å². The Morgan fingerprint density at radius 2 is 1.48 bits per heavy atom. The van der Waals surface area contributed by atoms with Crippen LogP contribution in [0.25, 0.3) is 28.9 Å². The third kappa shape index (κ3) is 4.73. The van der Waals surface area contributed by atoms with Crippen LogP contribution in [-0.2, 0) is 0 Å². The summed E-state index contributed by atoms with van der Waals surface area (Å²) in [5.74, 6) is 0. The Labute approximate surface area is 177 Å². The Hall–Kier alpha value is -2.50. The molecule has 1 aromatic carbocycles. The summed E-state index contributed by atoms with van der Waals surface area (Å²) in [6.45, 7) is 4.99. The zero-order chi connectivity index (χ0) is 22.7. The average Bonchev–Trinajstić information content (AvgIpc) is 2.92. The Bertz CT molecular complexity index is 1240. The topological polar surface area (TPSA) is 0 Å². The van der Waals surface area contributed by atoms with Gasteiger partial charge in [-0.3, -0.25) is 0 Å². The molecule has 0 unspecified atom stereocenters. The fourth-order valence-electron chi connectivity index (χ4n) is 4.26. The SMILES string of the molecule is C[Si]1(C)C2=Cc3ccc[cH+]cc3C2=Cc2c3cccccc-3cc21.F[P-](F)(F)(F)(F)F. The van der Waals surface area contributed by atoms with Gasteiger partial charge >= 0.3 is 33.0 Å². The molecule has 0 atom stereocenters. The van der Waals surface area contributed by atoms with Gasteiger partial charge in [0.2, 0.25) is 0 Å². The van der Waals surface area contributed by atoms with E-state index in [9.17, 15) is 25.2 Å². The van der Waals surface area contributed by atoms with Gasteiger partial charge in [0.25, 0.3) is 0 Å². The summed E-state index contributed by atoms with van der Waals surface area (Å²) in [7, 11) is -12.3. The van der Waals surface area contributed by atoms with E-state index in [0.717, 1.165) is 0 Å². The molecule has 0 fully saturated rings. The standard InChI is InChI=1S/C23H19Si.F6P/c1-24(2)22-13-16-9-5-3-7-11-18(16)20(22)15-21-19-12-8-4-6-10-17(19)14-23(21)24;1-7(2,3,4,5)6/h3-15H,1-2H3;/q+1;-1. The molecule has 1 heterocycles. The van der Waals surface area contributed by atoms with Crippen LogP contribution in [0.4, 0.5) is 25.2 Å². The first kappa shape index (κ1) is 21.7. The van der Waals surface area contributed by atoms with E-state index in [2.05, 4.69) is 92.0 Å². The van der Waals surface area contributed by atoms with Crippen LogP contribution in [0.15, 0.2) is 71.9 Å². The molecule has 0 aromatic heterocycles. The molecular weight excluding hydrogens is 449 g/mol. The van der Waals surface area contributed by atoms with Crippen molar-refractivity contribution in [2.45, 2.75) is 13.1 Å². The molecule has 8 heteroatoms. The number of halogens is 6. The number of rotatable bonds is 0. The summed E-state index contributed by atoms with van der Waals surface area (Å²) in [5.41, 5.74) is 8.39. The molecule has 0 nitrogen and oxygen atoms in total. The third-order valence-electron chi connectivity index (χ3n) is 5.54. The molecule has 5 rings (SSSR count). The van der Waals surface area contributed by atoms with Gasteiger partial charge < -0.3 is 0 Å². The van der Waals surface area contributed by atoms with Crippen molar-refractivity contribution in [2.75, 3.05) is 0 Å². The second-order valence-corrected chi connectivity index (χ2v) is 14.5. The fourth-order valence-corrected chi connectivity index (χ4v) is 7.34. The van der Waals surface area contributed by atoms with Gasteiger partial charge in [-0.15, -0.1) is 0 Å². The molecular formula is C23H19F6PSi. The van der Waals surface area contributed by atoms with Crippen molar-refractivity contribution in [3.05, 3.63) is 88.6 Å². The van der Waals surface area contributed by atoms with Crippen molar-refractivity contribution >= 4 is 38.8 Å². The minimum absolute atomic E-state index is 1.36. The molecule has 162 valence electrons. The van der Waals surface area contributed by atoms with E-state index < -0.39 is 15.9 Å². The molecule has 31 heavy (non-hydrogen) atoms. The molecule has 0 bridgehead atoms. The van der Waals surface area contributed by atoms with Crippen LogP contribution in [0.2, 0.25) is 13.1 Å². The Balaban J connectivity index is 0.000000289. The van der Waals surface area contributed by atoms with E-state index >= 15 is 0 Å². The maximum atomic E-state index is 9.87. The van der Waals surface area contributed by atoms with Gasteiger partial charge in [-0.25, -0.2) is 0 Å². The zero-order valence-electron chi connectivity index (χ0n) is 16.7. The van der Waals surface area contributed by atoms with Crippen molar-refractivity contribution in [2.24, 2.45) is 0 Å². The summed E-state index contributed by atoms with van der Waals surface area (Å²) >= 11 is 0. The zero-order valence-corrected chi connectivity index (χ0v) is 18.6. The second-order valence-electron chi connectivity index (χ2n) is 8.23. The molecule has 0 spiro atoms. The summed E-state index contributed by atoms with van der Waals surface area (Å²) in [6, 6.07) is 24.3. The maximum absolute atomic E-state index is 10.7. The van der Waals surface area contributed by atoms with Crippen molar-refractivity contribution in [3.63, 3.8) is 0 Å².